The summed E-state index contributed by atoms with van der Waals surface area (Å²) < 4.78 is 7.34. The molecule has 0 fully saturated rings. The summed E-state index contributed by atoms with van der Waals surface area (Å²) in [7, 11) is 1.70. The predicted octanol–water partition coefficient (Wildman–Crippen LogP) is 2.59. The molecule has 1 atom stereocenters. The quantitative estimate of drug-likeness (QED) is 0.541. The third-order valence-electron chi connectivity index (χ3n) is 5.65. The fourth-order valence-corrected chi connectivity index (χ4v) is 6.18. The number of aromatic nitrogens is 1. The highest BCUT2D eigenvalue weighted by atomic mass is 32.1. The second-order valence-electron chi connectivity index (χ2n) is 8.13. The molecule has 0 unspecified atom stereocenters. The predicted molar refractivity (Wildman–Crippen MR) is 128 cm³/mol. The molecule has 2 aromatic heterocycles. The molecule has 0 bridgehead atoms. The highest BCUT2D eigenvalue weighted by Gasteiger charge is 2.36. The topological polar surface area (TPSA) is 81.0 Å². The summed E-state index contributed by atoms with van der Waals surface area (Å²) in [5.74, 6) is -0.728. The number of benzene rings is 1. The number of rotatable bonds is 3. The largest absolute Gasteiger partial charge is 0.459 e. The van der Waals surface area contributed by atoms with Crippen molar-refractivity contribution in [2.75, 3.05) is 11.9 Å². The number of hydrogen-bond donors (Lipinski definition) is 0. The van der Waals surface area contributed by atoms with E-state index < -0.39 is 12.0 Å². The molecule has 0 N–H and O–H groups in total. The Kier molecular flexibility index (Phi) is 5.18. The van der Waals surface area contributed by atoms with Crippen LogP contribution in [0.15, 0.2) is 62.8 Å². The average molecular weight is 480 g/mol. The highest BCUT2D eigenvalue weighted by molar-refractivity contribution is 7.10. The number of likely N-dealkylation sites (N-methyl/N-ethyl adjacent to an activating group) is 1. The van der Waals surface area contributed by atoms with Crippen molar-refractivity contribution in [3.8, 4) is 0 Å². The number of amides is 1. The molecule has 4 heterocycles. The molecule has 2 aliphatic rings. The molecule has 0 spiro atoms. The lowest BCUT2D eigenvalue weighted by Crippen LogP contribution is -2.40. The summed E-state index contributed by atoms with van der Waals surface area (Å²) in [5.41, 5.74) is 2.35. The lowest BCUT2D eigenvalue weighted by molar-refractivity contribution is -0.143. The van der Waals surface area contributed by atoms with Gasteiger partial charge in [-0.25, -0.2) is 9.79 Å². The molecule has 5 rings (SSSR count). The Morgan fingerprint density at radius 1 is 1.15 bits per heavy atom. The standard InChI is InChI=1S/C24H21N3O4S2/c1-12(2)31-23(30)17-13(3)25-24-27(19(17)16-10-7-11-32-16)22(29)20(33-24)18-14-8-5-6-9-15(14)26(4)21(18)28/h5-12,19H,1-4H3/t19-/m1/s1. The van der Waals surface area contributed by atoms with Crippen LogP contribution in [0.3, 0.4) is 0 Å². The van der Waals surface area contributed by atoms with Gasteiger partial charge in [-0.3, -0.25) is 14.2 Å². The monoisotopic (exact) mass is 479 g/mol. The van der Waals surface area contributed by atoms with E-state index in [4.69, 9.17) is 4.74 Å². The van der Waals surface area contributed by atoms with Crippen molar-refractivity contribution in [3.63, 3.8) is 0 Å². The fraction of sp³-hybridized carbons (Fsp3) is 0.250. The summed E-state index contributed by atoms with van der Waals surface area (Å²) in [5, 5.41) is 1.90. The summed E-state index contributed by atoms with van der Waals surface area (Å²) >= 11 is 2.63. The minimum Gasteiger partial charge on any atom is -0.459 e. The average Bonchev–Trinajstić information content (AvgIpc) is 3.46. The number of thiophene rings is 1. The van der Waals surface area contributed by atoms with Crippen molar-refractivity contribution in [2.45, 2.75) is 32.9 Å². The van der Waals surface area contributed by atoms with Crippen LogP contribution in [0.5, 0.6) is 0 Å². The zero-order valence-corrected chi connectivity index (χ0v) is 20.1. The maximum Gasteiger partial charge on any atom is 0.338 e. The Balaban J connectivity index is 1.81. The number of ether oxygens (including phenoxy) is 1. The molecule has 33 heavy (non-hydrogen) atoms. The number of fused-ring (bicyclic) bond motifs is 2. The van der Waals surface area contributed by atoms with Crippen molar-refractivity contribution >= 4 is 45.8 Å². The van der Waals surface area contributed by atoms with Crippen molar-refractivity contribution < 1.29 is 14.3 Å². The number of nitrogens with zero attached hydrogens (tertiary/aromatic N) is 3. The number of para-hydroxylation sites is 1. The lowest BCUT2D eigenvalue weighted by Gasteiger charge is -2.24. The Bertz CT molecular complexity index is 1510. The van der Waals surface area contributed by atoms with Crippen LogP contribution in [0.4, 0.5) is 5.69 Å². The number of hydrogen-bond acceptors (Lipinski definition) is 7. The van der Waals surface area contributed by atoms with E-state index in [1.54, 1.807) is 32.7 Å². The molecule has 0 radical (unpaired) electrons. The van der Waals surface area contributed by atoms with Crippen LogP contribution in [-0.2, 0) is 14.3 Å². The molecular formula is C24H21N3O4S2. The second-order valence-corrected chi connectivity index (χ2v) is 10.1. The van der Waals surface area contributed by atoms with E-state index in [9.17, 15) is 14.4 Å². The number of thiazole rings is 1. The zero-order valence-electron chi connectivity index (χ0n) is 18.5. The molecule has 168 valence electrons. The summed E-state index contributed by atoms with van der Waals surface area (Å²) in [6.07, 6.45) is -0.309. The number of esters is 1. The van der Waals surface area contributed by atoms with Gasteiger partial charge in [0, 0.05) is 17.5 Å². The van der Waals surface area contributed by atoms with Gasteiger partial charge < -0.3 is 9.64 Å². The van der Waals surface area contributed by atoms with Gasteiger partial charge in [0.25, 0.3) is 11.5 Å². The lowest BCUT2D eigenvalue weighted by atomic mass is 10.0. The smallest absolute Gasteiger partial charge is 0.338 e. The number of carbonyl (C=O) groups is 2. The van der Waals surface area contributed by atoms with E-state index >= 15 is 0 Å². The van der Waals surface area contributed by atoms with Gasteiger partial charge in [-0.15, -0.1) is 11.3 Å². The molecule has 9 heteroatoms. The van der Waals surface area contributed by atoms with Crippen LogP contribution >= 0.6 is 22.7 Å². The molecule has 0 saturated heterocycles. The Morgan fingerprint density at radius 2 is 1.91 bits per heavy atom. The number of allylic oxidation sites excluding steroid dienone is 1. The number of anilines is 1. The van der Waals surface area contributed by atoms with Crippen LogP contribution in [0.25, 0.3) is 5.57 Å². The van der Waals surface area contributed by atoms with Crippen LogP contribution < -0.4 is 19.8 Å². The second kappa shape index (κ2) is 7.93. The molecule has 0 saturated carbocycles. The molecule has 1 aromatic carbocycles. The van der Waals surface area contributed by atoms with Crippen molar-refractivity contribution in [3.05, 3.63) is 83.2 Å². The first-order valence-electron chi connectivity index (χ1n) is 10.5. The molecule has 2 aliphatic heterocycles. The fourth-order valence-electron chi connectivity index (χ4n) is 4.22. The Hall–Kier alpha value is -3.30. The summed E-state index contributed by atoms with van der Waals surface area (Å²) in [4.78, 5) is 47.4. The maximum absolute atomic E-state index is 13.8. The molecule has 0 aliphatic carbocycles. The van der Waals surface area contributed by atoms with Crippen molar-refractivity contribution in [2.24, 2.45) is 4.99 Å². The van der Waals surface area contributed by atoms with Gasteiger partial charge in [-0.05, 0) is 38.3 Å². The highest BCUT2D eigenvalue weighted by Crippen LogP contribution is 2.35. The minimum atomic E-state index is -0.661. The third kappa shape index (κ3) is 3.30. The van der Waals surface area contributed by atoms with Crippen LogP contribution in [0.2, 0.25) is 0 Å². The van der Waals surface area contributed by atoms with Crippen molar-refractivity contribution in [1.82, 2.24) is 4.57 Å². The van der Waals surface area contributed by atoms with Crippen LogP contribution in [-0.4, -0.2) is 29.6 Å². The van der Waals surface area contributed by atoms with Gasteiger partial charge in [0.15, 0.2) is 4.80 Å². The Labute approximate surface area is 197 Å². The van der Waals surface area contributed by atoms with Crippen LogP contribution in [0, 0.1) is 0 Å². The SMILES string of the molecule is CC1=C(C(=O)OC(C)C)[C@@H](c2cccs2)n2c(sc(=C3C(=O)N(C)c4ccccc43)c2=O)=N1. The zero-order chi connectivity index (χ0) is 23.4. The van der Waals surface area contributed by atoms with Gasteiger partial charge in [0.1, 0.15) is 10.6 Å². The molecular weight excluding hydrogens is 458 g/mol. The first-order chi connectivity index (χ1) is 15.8. The van der Waals surface area contributed by atoms with E-state index in [0.717, 1.165) is 16.1 Å². The normalized spacial score (nSPS) is 19.0. The summed E-state index contributed by atoms with van der Waals surface area (Å²) in [6, 6.07) is 10.5. The van der Waals surface area contributed by atoms with Gasteiger partial charge >= 0.3 is 5.97 Å². The minimum absolute atomic E-state index is 0.232. The van der Waals surface area contributed by atoms with E-state index in [1.807, 2.05) is 41.8 Å². The van der Waals surface area contributed by atoms with Crippen molar-refractivity contribution in [1.29, 1.82) is 0 Å². The van der Waals surface area contributed by atoms with Gasteiger partial charge in [0.2, 0.25) is 0 Å². The number of carbonyl (C=O) groups excluding carboxylic acids is 2. The first kappa shape index (κ1) is 21.5. The molecule has 7 nitrogen and oxygen atoms in total. The van der Waals surface area contributed by atoms with E-state index in [2.05, 4.69) is 4.99 Å². The third-order valence-corrected chi connectivity index (χ3v) is 7.63. The van der Waals surface area contributed by atoms with Gasteiger partial charge in [-0.1, -0.05) is 35.6 Å². The van der Waals surface area contributed by atoms with E-state index in [0.29, 0.717) is 26.2 Å². The molecule has 1 amide bonds. The Morgan fingerprint density at radius 3 is 2.61 bits per heavy atom. The maximum atomic E-state index is 13.8. The van der Waals surface area contributed by atoms with E-state index in [1.165, 1.54) is 27.2 Å². The van der Waals surface area contributed by atoms with Gasteiger partial charge in [-0.2, -0.15) is 0 Å². The first-order valence-corrected chi connectivity index (χ1v) is 12.2. The molecule has 3 aromatic rings. The van der Waals surface area contributed by atoms with Crippen LogP contribution in [0.1, 0.15) is 37.3 Å². The van der Waals surface area contributed by atoms with E-state index in [-0.39, 0.29) is 17.6 Å². The summed E-state index contributed by atoms with van der Waals surface area (Å²) in [6.45, 7) is 5.32. The van der Waals surface area contributed by atoms with Gasteiger partial charge in [0.05, 0.1) is 28.6 Å².